The number of hydrogen-bond donors (Lipinski definition) is 1. The second-order valence-corrected chi connectivity index (χ2v) is 9.12. The van der Waals surface area contributed by atoms with Gasteiger partial charge in [-0.3, -0.25) is 4.99 Å². The number of rotatable bonds is 4. The second-order valence-electron chi connectivity index (χ2n) is 9.12. The summed E-state index contributed by atoms with van der Waals surface area (Å²) in [5, 5.41) is 3.40. The monoisotopic (exact) mass is 439 g/mol. The molecule has 5 nitrogen and oxygen atoms in total. The summed E-state index contributed by atoms with van der Waals surface area (Å²) in [5.41, 5.74) is -0.136. The Bertz CT molecular complexity index is 785. The number of hydrogen-bond acceptors (Lipinski definition) is 3. The third-order valence-electron chi connectivity index (χ3n) is 7.04. The van der Waals surface area contributed by atoms with Crippen LogP contribution in [-0.2, 0) is 21.1 Å². The van der Waals surface area contributed by atoms with Gasteiger partial charge in [0.05, 0.1) is 18.7 Å². The molecule has 31 heavy (non-hydrogen) atoms. The zero-order valence-corrected chi connectivity index (χ0v) is 18.1. The third kappa shape index (κ3) is 4.85. The van der Waals surface area contributed by atoms with Gasteiger partial charge in [0.1, 0.15) is 0 Å². The van der Waals surface area contributed by atoms with Crippen molar-refractivity contribution in [1.29, 1.82) is 0 Å². The first-order valence-electron chi connectivity index (χ1n) is 11.2. The largest absolute Gasteiger partial charge is 0.416 e. The van der Waals surface area contributed by atoms with E-state index in [4.69, 9.17) is 14.5 Å². The average Bonchev–Trinajstić information content (AvgIpc) is 3.41. The van der Waals surface area contributed by atoms with Gasteiger partial charge >= 0.3 is 6.18 Å². The number of benzene rings is 1. The van der Waals surface area contributed by atoms with Gasteiger partial charge in [0.25, 0.3) is 0 Å². The fourth-order valence-corrected chi connectivity index (χ4v) is 5.06. The van der Waals surface area contributed by atoms with Gasteiger partial charge in [-0.1, -0.05) is 18.2 Å². The summed E-state index contributed by atoms with van der Waals surface area (Å²) < 4.78 is 51.2. The van der Waals surface area contributed by atoms with Crippen LogP contribution in [0.1, 0.15) is 43.7 Å². The van der Waals surface area contributed by atoms with Crippen molar-refractivity contribution in [2.45, 2.75) is 44.2 Å². The molecule has 3 aliphatic heterocycles. The van der Waals surface area contributed by atoms with Gasteiger partial charge in [-0.2, -0.15) is 13.2 Å². The molecule has 172 valence electrons. The lowest BCUT2D eigenvalue weighted by atomic mass is 9.74. The standard InChI is InChI=1S/C23H32F3N3O2/c1-2-27-20(29-10-6-21(16-29)7-11-31-17-21)28-15-22(8-12-30-13-9-22)18-4-3-5-19(14-18)23(24,25)26/h3-5,14H,2,6-13,15-17H2,1H3,(H,27,28). The Hall–Kier alpha value is -1.80. The van der Waals surface area contributed by atoms with E-state index in [0.29, 0.717) is 38.2 Å². The highest BCUT2D eigenvalue weighted by Gasteiger charge is 2.43. The van der Waals surface area contributed by atoms with Gasteiger partial charge in [0.15, 0.2) is 5.96 Å². The molecule has 1 atom stereocenters. The number of nitrogens with zero attached hydrogens (tertiary/aromatic N) is 2. The summed E-state index contributed by atoms with van der Waals surface area (Å²) in [5.74, 6) is 0.851. The molecule has 1 N–H and O–H groups in total. The molecule has 3 aliphatic rings. The molecule has 0 aliphatic carbocycles. The van der Waals surface area contributed by atoms with Crippen LogP contribution in [0.25, 0.3) is 0 Å². The molecule has 0 bridgehead atoms. The highest BCUT2D eigenvalue weighted by molar-refractivity contribution is 5.80. The molecule has 1 aromatic rings. The molecule has 4 rings (SSSR count). The minimum absolute atomic E-state index is 0.216. The van der Waals surface area contributed by atoms with Crippen LogP contribution >= 0.6 is 0 Å². The Morgan fingerprint density at radius 2 is 1.90 bits per heavy atom. The molecule has 0 saturated carbocycles. The predicted molar refractivity (Wildman–Crippen MR) is 113 cm³/mol. The fraction of sp³-hybridized carbons (Fsp3) is 0.696. The van der Waals surface area contributed by atoms with Gasteiger partial charge < -0.3 is 19.7 Å². The molecule has 3 heterocycles. The van der Waals surface area contributed by atoms with Crippen LogP contribution in [0, 0.1) is 5.41 Å². The average molecular weight is 440 g/mol. The maximum atomic E-state index is 13.3. The topological polar surface area (TPSA) is 46.1 Å². The zero-order chi connectivity index (χ0) is 22.0. The summed E-state index contributed by atoms with van der Waals surface area (Å²) in [6, 6.07) is 5.75. The summed E-state index contributed by atoms with van der Waals surface area (Å²) in [6.45, 7) is 7.76. The number of ether oxygens (including phenoxy) is 2. The first kappa shape index (κ1) is 22.4. The number of nitrogens with one attached hydrogen (secondary N) is 1. The molecule has 1 aromatic carbocycles. The Kier molecular flexibility index (Phi) is 6.49. The van der Waals surface area contributed by atoms with Crippen LogP contribution in [0.4, 0.5) is 13.2 Å². The van der Waals surface area contributed by atoms with Crippen molar-refractivity contribution in [2.24, 2.45) is 10.4 Å². The highest BCUT2D eigenvalue weighted by atomic mass is 19.4. The Labute approximate surface area is 182 Å². The Morgan fingerprint density at radius 3 is 2.58 bits per heavy atom. The SMILES string of the molecule is CCNC(=NCC1(c2cccc(C(F)(F)F)c2)CCOCC1)N1CCC2(CCOC2)C1. The normalized spacial score (nSPS) is 26.6. The van der Waals surface area contributed by atoms with Crippen molar-refractivity contribution in [3.05, 3.63) is 35.4 Å². The molecule has 3 fully saturated rings. The van der Waals surface area contributed by atoms with E-state index in [1.807, 2.05) is 13.0 Å². The Balaban J connectivity index is 1.58. The number of halogens is 3. The smallest absolute Gasteiger partial charge is 0.381 e. The molecule has 8 heteroatoms. The maximum absolute atomic E-state index is 13.3. The summed E-state index contributed by atoms with van der Waals surface area (Å²) in [6.07, 6.45) is -0.865. The van der Waals surface area contributed by atoms with E-state index in [2.05, 4.69) is 10.2 Å². The van der Waals surface area contributed by atoms with E-state index in [1.54, 1.807) is 0 Å². The molecule has 1 unspecified atom stereocenters. The molecule has 0 radical (unpaired) electrons. The number of alkyl halides is 3. The van der Waals surface area contributed by atoms with Crippen molar-refractivity contribution in [2.75, 3.05) is 52.6 Å². The van der Waals surface area contributed by atoms with Gasteiger partial charge in [-0.25, -0.2) is 0 Å². The Morgan fingerprint density at radius 1 is 1.13 bits per heavy atom. The summed E-state index contributed by atoms with van der Waals surface area (Å²) >= 11 is 0. The van der Waals surface area contributed by atoms with Crippen molar-refractivity contribution < 1.29 is 22.6 Å². The quantitative estimate of drug-likeness (QED) is 0.572. The van der Waals surface area contributed by atoms with Crippen LogP contribution in [0.3, 0.4) is 0 Å². The molecule has 0 aromatic heterocycles. The van der Waals surface area contributed by atoms with Crippen LogP contribution in [0.2, 0.25) is 0 Å². The first-order valence-corrected chi connectivity index (χ1v) is 11.2. The maximum Gasteiger partial charge on any atom is 0.416 e. The van der Waals surface area contributed by atoms with Crippen LogP contribution in [0.15, 0.2) is 29.3 Å². The lowest BCUT2D eigenvalue weighted by Crippen LogP contribution is -2.43. The van der Waals surface area contributed by atoms with Gasteiger partial charge in [0, 0.05) is 50.3 Å². The van der Waals surface area contributed by atoms with Gasteiger partial charge in [0.2, 0.25) is 0 Å². The molecule has 1 spiro atoms. The van der Waals surface area contributed by atoms with Crippen LogP contribution in [0.5, 0.6) is 0 Å². The number of guanidine groups is 1. The van der Waals surface area contributed by atoms with E-state index in [-0.39, 0.29) is 5.41 Å². The van der Waals surface area contributed by atoms with Crippen LogP contribution < -0.4 is 5.32 Å². The molecule has 3 saturated heterocycles. The van der Waals surface area contributed by atoms with E-state index in [9.17, 15) is 13.2 Å². The van der Waals surface area contributed by atoms with Crippen molar-refractivity contribution >= 4 is 5.96 Å². The minimum Gasteiger partial charge on any atom is -0.381 e. The van der Waals surface area contributed by atoms with E-state index in [1.165, 1.54) is 12.1 Å². The molecule has 0 amide bonds. The molecular weight excluding hydrogens is 407 g/mol. The number of aliphatic imine (C=N–C) groups is 1. The van der Waals surface area contributed by atoms with Crippen molar-refractivity contribution in [3.8, 4) is 0 Å². The number of likely N-dealkylation sites (tertiary alicyclic amines) is 1. The minimum atomic E-state index is -4.35. The third-order valence-corrected chi connectivity index (χ3v) is 7.04. The van der Waals surface area contributed by atoms with Gasteiger partial charge in [-0.05, 0) is 44.2 Å². The zero-order valence-electron chi connectivity index (χ0n) is 18.1. The van der Waals surface area contributed by atoms with E-state index < -0.39 is 17.2 Å². The lowest BCUT2D eigenvalue weighted by molar-refractivity contribution is -0.137. The predicted octanol–water partition coefficient (Wildman–Crippen LogP) is 3.83. The van der Waals surface area contributed by atoms with Crippen molar-refractivity contribution in [3.63, 3.8) is 0 Å². The van der Waals surface area contributed by atoms with Crippen LogP contribution in [-0.4, -0.2) is 63.5 Å². The highest BCUT2D eigenvalue weighted by Crippen LogP contribution is 2.40. The summed E-state index contributed by atoms with van der Waals surface area (Å²) in [7, 11) is 0. The van der Waals surface area contributed by atoms with E-state index >= 15 is 0 Å². The van der Waals surface area contributed by atoms with E-state index in [0.717, 1.165) is 57.7 Å². The first-order chi connectivity index (χ1) is 14.9. The van der Waals surface area contributed by atoms with Gasteiger partial charge in [-0.15, -0.1) is 0 Å². The van der Waals surface area contributed by atoms with Crippen molar-refractivity contribution in [1.82, 2.24) is 10.2 Å². The fourth-order valence-electron chi connectivity index (χ4n) is 5.06. The summed E-state index contributed by atoms with van der Waals surface area (Å²) in [4.78, 5) is 7.26. The second kappa shape index (κ2) is 8.98. The molecular formula is C23H32F3N3O2. The lowest BCUT2D eigenvalue weighted by Gasteiger charge is -2.37.